The minimum absolute atomic E-state index is 0.00315. The first-order valence-electron chi connectivity index (χ1n) is 9.55. The Morgan fingerprint density at radius 2 is 1.87 bits per heavy atom. The Bertz CT molecular complexity index is 806. The largest absolute Gasteiger partial charge is 0.516 e. The molecule has 1 aliphatic rings. The highest BCUT2D eigenvalue weighted by Crippen LogP contribution is 2.36. The Balaban J connectivity index is 2.00. The predicted octanol–water partition coefficient (Wildman–Crippen LogP) is 2.24. The minimum atomic E-state index is -2.68. The van der Waals surface area contributed by atoms with Crippen molar-refractivity contribution in [3.05, 3.63) is 42.1 Å². The van der Waals surface area contributed by atoms with Crippen molar-refractivity contribution in [1.82, 2.24) is 9.55 Å². The second kappa shape index (κ2) is 5.69. The molecule has 0 aliphatic carbocycles. The molecule has 0 radical (unpaired) electrons. The van der Waals surface area contributed by atoms with Gasteiger partial charge in [0.2, 0.25) is 0 Å². The van der Waals surface area contributed by atoms with Crippen LogP contribution < -0.4 is 10.3 Å². The van der Waals surface area contributed by atoms with Gasteiger partial charge in [-0.15, -0.1) is 0 Å². The van der Waals surface area contributed by atoms with E-state index in [1.54, 1.807) is 0 Å². The molecule has 0 saturated carbocycles. The quantitative estimate of drug-likeness (QED) is 0.811. The Labute approximate surface area is 143 Å². The Morgan fingerprint density at radius 3 is 2.48 bits per heavy atom. The van der Waals surface area contributed by atoms with Crippen LogP contribution in [0.25, 0.3) is 0 Å². The van der Waals surface area contributed by atoms with Gasteiger partial charge < -0.3 is 14.0 Å². The average molecular weight is 318 g/mol. The third-order valence-electron chi connectivity index (χ3n) is 4.45. The van der Waals surface area contributed by atoms with Crippen molar-refractivity contribution >= 4 is 12.7 Å². The number of rotatable bonds is 4. The fourth-order valence-electron chi connectivity index (χ4n) is 2.39. The lowest BCUT2D eigenvalue weighted by Gasteiger charge is -2.32. The van der Waals surface area contributed by atoms with E-state index < -0.39 is 25.4 Å². The van der Waals surface area contributed by atoms with Crippen molar-refractivity contribution < 1.29 is 19.5 Å². The lowest BCUT2D eigenvalue weighted by Crippen LogP contribution is -2.41. The molecule has 0 N–H and O–H groups in total. The molecular weight excluding hydrogens is 291 g/mol. The molecule has 5 nitrogen and oxygen atoms in total. The van der Waals surface area contributed by atoms with Crippen LogP contribution in [0.4, 0.5) is 0 Å². The second-order valence-corrected chi connectivity index (χ2v) is 6.65. The summed E-state index contributed by atoms with van der Waals surface area (Å²) >= 11 is 0. The summed E-state index contributed by atoms with van der Waals surface area (Å²) in [6.45, 7) is 7.85. The van der Waals surface area contributed by atoms with Crippen molar-refractivity contribution in [3.8, 4) is 6.01 Å². The number of ether oxygens (including phenoxy) is 1. The molecular formula is C17H23BN2O3. The summed E-state index contributed by atoms with van der Waals surface area (Å²) in [5.74, 6) is 0. The van der Waals surface area contributed by atoms with Gasteiger partial charge in [0.25, 0.3) is 6.01 Å². The van der Waals surface area contributed by atoms with Gasteiger partial charge in [0.15, 0.2) is 0 Å². The summed E-state index contributed by atoms with van der Waals surface area (Å²) in [7, 11) is -3.56. The van der Waals surface area contributed by atoms with E-state index in [1.807, 2.05) is 58.0 Å². The third kappa shape index (κ3) is 3.01. The maximum atomic E-state index is 8.53. The zero-order valence-electron chi connectivity index (χ0n) is 17.8. The smallest absolute Gasteiger partial charge is 0.468 e. The Morgan fingerprint density at radius 1 is 1.22 bits per heavy atom. The highest BCUT2D eigenvalue weighted by atomic mass is 16.7. The molecule has 0 atom stereocenters. The first kappa shape index (κ1) is 11.7. The maximum Gasteiger partial charge on any atom is 0.516 e. The molecule has 2 heterocycles. The lowest BCUT2D eigenvalue weighted by molar-refractivity contribution is 0.00578. The summed E-state index contributed by atoms with van der Waals surface area (Å²) in [6, 6.07) is 9.23. The predicted molar refractivity (Wildman–Crippen MR) is 90.0 cm³/mol. The van der Waals surface area contributed by atoms with Crippen molar-refractivity contribution in [2.24, 2.45) is 0 Å². The standard InChI is InChI=1S/C17H23BN2O3/c1-16(2)17(3,4)23-18(22-16)14-12-20(15(19-14)21-5)11-13-9-7-6-8-10-13/h6-10,12H,11H2,1-5H3/i5D3,12D. The topological polar surface area (TPSA) is 45.5 Å². The number of aromatic nitrogens is 2. The van der Waals surface area contributed by atoms with Crippen molar-refractivity contribution in [3.63, 3.8) is 0 Å². The van der Waals surface area contributed by atoms with Crippen LogP contribution in [0.3, 0.4) is 0 Å². The molecule has 122 valence electrons. The van der Waals surface area contributed by atoms with Crippen LogP contribution >= 0.6 is 0 Å². The molecule has 1 saturated heterocycles. The average Bonchev–Trinajstić information content (AvgIpc) is 2.93. The zero-order chi connectivity index (χ0) is 20.0. The Hall–Kier alpha value is -1.79. The molecule has 0 unspecified atom stereocenters. The second-order valence-electron chi connectivity index (χ2n) is 6.65. The zero-order valence-corrected chi connectivity index (χ0v) is 13.8. The van der Waals surface area contributed by atoms with Crippen molar-refractivity contribution in [2.75, 3.05) is 7.04 Å². The maximum absolute atomic E-state index is 8.53. The van der Waals surface area contributed by atoms with E-state index in [2.05, 4.69) is 4.98 Å². The molecule has 1 aromatic carbocycles. The van der Waals surface area contributed by atoms with E-state index >= 15 is 0 Å². The number of nitrogens with zero attached hydrogens (tertiary/aromatic N) is 2. The van der Waals surface area contributed by atoms with Crippen LogP contribution in [0, 0.1) is 0 Å². The van der Waals surface area contributed by atoms with Gasteiger partial charge in [-0.05, 0) is 33.3 Å². The third-order valence-corrected chi connectivity index (χ3v) is 4.45. The minimum Gasteiger partial charge on any atom is -0.468 e. The van der Waals surface area contributed by atoms with Gasteiger partial charge in [0.05, 0.1) is 35.9 Å². The van der Waals surface area contributed by atoms with Gasteiger partial charge in [0, 0.05) is 6.17 Å². The molecule has 6 heteroatoms. The number of methoxy groups -OCH3 is 1. The number of hydrogen-bond donors (Lipinski definition) is 0. The summed E-state index contributed by atoms with van der Waals surface area (Å²) in [5.41, 5.74) is -0.111. The van der Waals surface area contributed by atoms with Crippen LogP contribution in [0.2, 0.25) is 0 Å². The number of imidazole rings is 1. The van der Waals surface area contributed by atoms with E-state index in [-0.39, 0.29) is 24.3 Å². The van der Waals surface area contributed by atoms with Gasteiger partial charge in [-0.3, -0.25) is 4.57 Å². The van der Waals surface area contributed by atoms with Gasteiger partial charge in [-0.1, -0.05) is 30.3 Å². The molecule has 1 fully saturated rings. The Kier molecular flexibility index (Phi) is 2.90. The van der Waals surface area contributed by atoms with Crippen LogP contribution in [0.5, 0.6) is 6.01 Å². The fourth-order valence-corrected chi connectivity index (χ4v) is 2.39. The molecule has 0 amide bonds. The SMILES string of the molecule is [2H]c1c(B2OC(C)(C)C(C)(C)O2)nc(OC([2H])([2H])[2H])n1Cc1ccccc1. The monoisotopic (exact) mass is 318 g/mol. The first-order chi connectivity index (χ1) is 12.4. The van der Waals surface area contributed by atoms with E-state index in [0.29, 0.717) is 0 Å². The first-order valence-corrected chi connectivity index (χ1v) is 7.55. The number of benzene rings is 1. The van der Waals surface area contributed by atoms with Crippen molar-refractivity contribution in [2.45, 2.75) is 45.4 Å². The van der Waals surface area contributed by atoms with Gasteiger partial charge in [-0.25, -0.2) is 4.98 Å². The van der Waals surface area contributed by atoms with Crippen LogP contribution in [-0.2, 0) is 15.9 Å². The van der Waals surface area contributed by atoms with Gasteiger partial charge >= 0.3 is 7.12 Å². The van der Waals surface area contributed by atoms with Crippen LogP contribution in [0.15, 0.2) is 36.5 Å². The van der Waals surface area contributed by atoms with Crippen LogP contribution in [0.1, 0.15) is 38.7 Å². The van der Waals surface area contributed by atoms with Crippen LogP contribution in [-0.4, -0.2) is 34.9 Å². The summed E-state index contributed by atoms with van der Waals surface area (Å²) in [6.07, 6.45) is -0.00315. The highest BCUT2D eigenvalue weighted by Gasteiger charge is 2.52. The lowest BCUT2D eigenvalue weighted by atomic mass is 9.86. The van der Waals surface area contributed by atoms with E-state index in [1.165, 1.54) is 4.57 Å². The molecule has 0 bridgehead atoms. The van der Waals surface area contributed by atoms with Gasteiger partial charge in [-0.2, -0.15) is 0 Å². The van der Waals surface area contributed by atoms with E-state index in [9.17, 15) is 0 Å². The molecule has 23 heavy (non-hydrogen) atoms. The molecule has 2 aromatic rings. The summed E-state index contributed by atoms with van der Waals surface area (Å²) in [5, 5.41) is 0. The highest BCUT2D eigenvalue weighted by molar-refractivity contribution is 6.61. The summed E-state index contributed by atoms with van der Waals surface area (Å²) in [4.78, 5) is 4.25. The molecule has 1 aliphatic heterocycles. The van der Waals surface area contributed by atoms with E-state index in [4.69, 9.17) is 19.5 Å². The fraction of sp³-hybridized carbons (Fsp3) is 0.471. The normalized spacial score (nSPS) is 22.2. The molecule has 0 spiro atoms. The van der Waals surface area contributed by atoms with Crippen molar-refractivity contribution in [1.29, 1.82) is 0 Å². The van der Waals surface area contributed by atoms with E-state index in [0.717, 1.165) is 5.56 Å². The molecule has 1 aromatic heterocycles. The molecule has 3 rings (SSSR count). The summed E-state index contributed by atoms with van der Waals surface area (Å²) < 4.78 is 49.1. The number of hydrogen-bond acceptors (Lipinski definition) is 4. The van der Waals surface area contributed by atoms with Gasteiger partial charge in [0.1, 0.15) is 0 Å².